The molecule has 126 valence electrons. The largest absolute Gasteiger partial charge is 0.483 e. The van der Waals surface area contributed by atoms with Gasteiger partial charge in [-0.05, 0) is 57.7 Å². The van der Waals surface area contributed by atoms with E-state index in [1.165, 1.54) is 12.8 Å². The van der Waals surface area contributed by atoms with Crippen LogP contribution in [0, 0.1) is 13.8 Å². The Kier molecular flexibility index (Phi) is 3.97. The van der Waals surface area contributed by atoms with Gasteiger partial charge in [-0.15, -0.1) is 0 Å². The predicted octanol–water partition coefficient (Wildman–Crippen LogP) is 5.84. The second-order valence-corrected chi connectivity index (χ2v) is 7.13. The summed E-state index contributed by atoms with van der Waals surface area (Å²) in [6.45, 7) is 3.85. The third-order valence-electron chi connectivity index (χ3n) is 4.53. The minimum Gasteiger partial charge on any atom is -0.483 e. The molecular formula is C18H18Cl2N2O2. The lowest BCUT2D eigenvalue weighted by molar-refractivity contribution is 0.208. The molecule has 2 aromatic heterocycles. The number of hydrogen-bond donors (Lipinski definition) is 0. The Labute approximate surface area is 150 Å². The topological polar surface area (TPSA) is 39.7 Å². The maximum absolute atomic E-state index is 6.38. The van der Waals surface area contributed by atoms with Crippen LogP contribution in [0.2, 0.25) is 10.0 Å². The highest BCUT2D eigenvalue weighted by molar-refractivity contribution is 6.36. The van der Waals surface area contributed by atoms with Crippen LogP contribution in [0.1, 0.15) is 37.1 Å². The molecule has 2 heterocycles. The summed E-state index contributed by atoms with van der Waals surface area (Å²) in [5.74, 6) is 1.49. The van der Waals surface area contributed by atoms with Crippen molar-refractivity contribution in [2.75, 3.05) is 0 Å². The van der Waals surface area contributed by atoms with Crippen molar-refractivity contribution >= 4 is 28.9 Å². The fourth-order valence-electron chi connectivity index (χ4n) is 3.37. The van der Waals surface area contributed by atoms with Crippen LogP contribution in [0.3, 0.4) is 0 Å². The van der Waals surface area contributed by atoms with Crippen molar-refractivity contribution < 1.29 is 9.15 Å². The minimum absolute atomic E-state index is 0.254. The number of hydrogen-bond acceptors (Lipinski definition) is 3. The smallest absolute Gasteiger partial charge is 0.266 e. The van der Waals surface area contributed by atoms with Crippen molar-refractivity contribution in [2.24, 2.45) is 0 Å². The summed E-state index contributed by atoms with van der Waals surface area (Å²) in [6.07, 6.45) is 4.87. The van der Waals surface area contributed by atoms with Crippen LogP contribution in [0.15, 0.2) is 22.6 Å². The second kappa shape index (κ2) is 6.01. The molecule has 4 rings (SSSR count). The molecule has 0 aliphatic heterocycles. The van der Waals surface area contributed by atoms with Crippen LogP contribution in [0.25, 0.3) is 17.0 Å². The first-order valence-corrected chi connectivity index (χ1v) is 8.91. The third-order valence-corrected chi connectivity index (χ3v) is 5.08. The first-order chi connectivity index (χ1) is 11.5. The SMILES string of the molecule is Cc1nn2c(-c3ccc(Cl)cc3Cl)c(C)oc2c1OC1CCCC1. The highest BCUT2D eigenvalue weighted by Crippen LogP contribution is 2.38. The van der Waals surface area contributed by atoms with E-state index in [2.05, 4.69) is 5.10 Å². The maximum Gasteiger partial charge on any atom is 0.266 e. The molecule has 0 atom stereocenters. The van der Waals surface area contributed by atoms with Gasteiger partial charge in [0.1, 0.15) is 17.1 Å². The molecule has 0 saturated heterocycles. The van der Waals surface area contributed by atoms with Gasteiger partial charge in [0.15, 0.2) is 0 Å². The molecule has 0 amide bonds. The fraction of sp³-hybridized carbons (Fsp3) is 0.389. The Morgan fingerprint density at radius 3 is 2.67 bits per heavy atom. The second-order valence-electron chi connectivity index (χ2n) is 6.29. The van der Waals surface area contributed by atoms with E-state index in [9.17, 15) is 0 Å². The minimum atomic E-state index is 0.254. The molecule has 0 radical (unpaired) electrons. The van der Waals surface area contributed by atoms with E-state index < -0.39 is 0 Å². The van der Waals surface area contributed by atoms with Gasteiger partial charge >= 0.3 is 0 Å². The number of fused-ring (bicyclic) bond motifs is 1. The van der Waals surface area contributed by atoms with E-state index in [1.54, 1.807) is 10.6 Å². The molecule has 24 heavy (non-hydrogen) atoms. The molecule has 0 N–H and O–H groups in total. The third kappa shape index (κ3) is 2.58. The normalized spacial score (nSPS) is 15.5. The summed E-state index contributed by atoms with van der Waals surface area (Å²) in [6, 6.07) is 5.42. The lowest BCUT2D eigenvalue weighted by Crippen LogP contribution is -2.11. The van der Waals surface area contributed by atoms with Gasteiger partial charge in [0, 0.05) is 10.6 Å². The van der Waals surface area contributed by atoms with Crippen LogP contribution < -0.4 is 4.74 Å². The van der Waals surface area contributed by atoms with Gasteiger partial charge in [-0.2, -0.15) is 9.61 Å². The van der Waals surface area contributed by atoms with Crippen molar-refractivity contribution in [2.45, 2.75) is 45.6 Å². The van der Waals surface area contributed by atoms with Crippen molar-refractivity contribution in [3.8, 4) is 17.0 Å². The van der Waals surface area contributed by atoms with E-state index in [4.69, 9.17) is 32.4 Å². The van der Waals surface area contributed by atoms with Gasteiger partial charge < -0.3 is 9.15 Å². The summed E-state index contributed by atoms with van der Waals surface area (Å²) in [4.78, 5) is 0. The summed E-state index contributed by atoms with van der Waals surface area (Å²) < 4.78 is 13.9. The fourth-order valence-corrected chi connectivity index (χ4v) is 3.87. The average Bonchev–Trinajstić information content (AvgIpc) is 3.20. The summed E-state index contributed by atoms with van der Waals surface area (Å²) >= 11 is 12.4. The lowest BCUT2D eigenvalue weighted by atomic mass is 10.1. The summed E-state index contributed by atoms with van der Waals surface area (Å²) in [5.41, 5.74) is 3.13. The Morgan fingerprint density at radius 1 is 1.21 bits per heavy atom. The van der Waals surface area contributed by atoms with E-state index in [0.29, 0.717) is 15.8 Å². The first kappa shape index (κ1) is 15.9. The van der Waals surface area contributed by atoms with Crippen molar-refractivity contribution in [3.05, 3.63) is 39.7 Å². The molecule has 4 nitrogen and oxygen atoms in total. The molecule has 3 aromatic rings. The van der Waals surface area contributed by atoms with Crippen LogP contribution in [0.4, 0.5) is 0 Å². The molecule has 1 aliphatic carbocycles. The molecule has 6 heteroatoms. The van der Waals surface area contributed by atoms with E-state index in [1.807, 2.05) is 26.0 Å². The van der Waals surface area contributed by atoms with Gasteiger partial charge in [0.05, 0.1) is 11.1 Å². The molecule has 1 saturated carbocycles. The van der Waals surface area contributed by atoms with Crippen molar-refractivity contribution in [3.63, 3.8) is 0 Å². The van der Waals surface area contributed by atoms with Gasteiger partial charge in [-0.25, -0.2) is 0 Å². The number of halogens is 2. The molecule has 1 fully saturated rings. The molecule has 1 aliphatic rings. The average molecular weight is 365 g/mol. The van der Waals surface area contributed by atoms with Gasteiger partial charge in [-0.1, -0.05) is 23.2 Å². The monoisotopic (exact) mass is 364 g/mol. The molecule has 0 spiro atoms. The van der Waals surface area contributed by atoms with Crippen molar-refractivity contribution in [1.29, 1.82) is 0 Å². The highest BCUT2D eigenvalue weighted by Gasteiger charge is 2.25. The zero-order valence-electron chi connectivity index (χ0n) is 13.6. The van der Waals surface area contributed by atoms with E-state index in [0.717, 1.165) is 41.3 Å². The molecule has 1 aromatic carbocycles. The Balaban J connectivity index is 1.84. The number of oxazole rings is 1. The van der Waals surface area contributed by atoms with Gasteiger partial charge in [0.25, 0.3) is 5.71 Å². The number of benzene rings is 1. The van der Waals surface area contributed by atoms with Crippen LogP contribution in [-0.4, -0.2) is 15.7 Å². The molecule has 0 unspecified atom stereocenters. The lowest BCUT2D eigenvalue weighted by Gasteiger charge is -2.11. The maximum atomic E-state index is 6.38. The van der Waals surface area contributed by atoms with Crippen molar-refractivity contribution in [1.82, 2.24) is 9.61 Å². The highest BCUT2D eigenvalue weighted by atomic mass is 35.5. The summed E-state index contributed by atoms with van der Waals surface area (Å²) in [7, 11) is 0. The predicted molar refractivity (Wildman–Crippen MR) is 95.3 cm³/mol. The Hall–Kier alpha value is -1.65. The van der Waals surface area contributed by atoms with Crippen LogP contribution >= 0.6 is 23.2 Å². The zero-order chi connectivity index (χ0) is 16.8. The molecular weight excluding hydrogens is 347 g/mol. The molecule has 0 bridgehead atoms. The van der Waals surface area contributed by atoms with E-state index >= 15 is 0 Å². The summed E-state index contributed by atoms with van der Waals surface area (Å²) in [5, 5.41) is 5.79. The Morgan fingerprint density at radius 2 is 1.96 bits per heavy atom. The number of ether oxygens (including phenoxy) is 1. The number of nitrogens with zero attached hydrogens (tertiary/aromatic N) is 2. The first-order valence-electron chi connectivity index (χ1n) is 8.15. The van der Waals surface area contributed by atoms with Gasteiger partial charge in [0.2, 0.25) is 5.75 Å². The zero-order valence-corrected chi connectivity index (χ0v) is 15.1. The van der Waals surface area contributed by atoms with E-state index in [-0.39, 0.29) is 6.10 Å². The van der Waals surface area contributed by atoms with Crippen LogP contribution in [0.5, 0.6) is 5.75 Å². The Bertz CT molecular complexity index is 908. The number of aromatic nitrogens is 2. The number of rotatable bonds is 3. The van der Waals surface area contributed by atoms with Crippen LogP contribution in [-0.2, 0) is 0 Å². The number of aryl methyl sites for hydroxylation is 2. The van der Waals surface area contributed by atoms with Gasteiger partial charge in [-0.3, -0.25) is 0 Å². The standard InChI is InChI=1S/C18H18Cl2N2O2/c1-10-17(24-13-5-3-4-6-13)18-22(21-10)16(11(2)23-18)14-8-7-12(19)9-15(14)20/h7-9,13H,3-6H2,1-2H3. The quantitative estimate of drug-likeness (QED) is 0.585.